The average molecular weight is 397 g/mol. The summed E-state index contributed by atoms with van der Waals surface area (Å²) in [5, 5.41) is 9.64. The van der Waals surface area contributed by atoms with E-state index < -0.39 is 22.4 Å². The molecule has 1 fully saturated rings. The smallest absolute Gasteiger partial charge is 0.303 e. The molecule has 0 saturated heterocycles. The monoisotopic (exact) mass is 396 g/mol. The largest absolute Gasteiger partial charge is 0.481 e. The fourth-order valence-electron chi connectivity index (χ4n) is 3.60. The van der Waals surface area contributed by atoms with Crippen LogP contribution in [-0.2, 0) is 9.54 Å². The quantitative estimate of drug-likeness (QED) is 0.647. The Labute approximate surface area is 160 Å². The standard InChI is InChI=1S/C20H19ClF2O2S/c21-14-1-4-16(5-2-14)26-20(17-12-15(22)3-6-18(17)23)9-7-13(8-10-20)11-19(24)25/h1-6,12-13H,7-11H2,(H,24,25). The minimum absolute atomic E-state index is 0.0723. The molecular weight excluding hydrogens is 378 g/mol. The molecular formula is C20H19ClF2O2S. The van der Waals surface area contributed by atoms with Crippen LogP contribution in [-0.4, -0.2) is 11.1 Å². The summed E-state index contributed by atoms with van der Waals surface area (Å²) in [5.74, 6) is -1.64. The SMILES string of the molecule is O=C(O)CC1CCC(Sc2ccc(Cl)cc2)(c2cc(F)ccc2F)CC1. The normalized spacial score (nSPS) is 23.0. The number of hydrogen-bond donors (Lipinski definition) is 1. The second kappa shape index (κ2) is 7.97. The van der Waals surface area contributed by atoms with Gasteiger partial charge in [-0.15, -0.1) is 11.8 Å². The number of carbonyl (C=O) groups is 1. The van der Waals surface area contributed by atoms with Gasteiger partial charge in [0, 0.05) is 26.6 Å². The molecule has 1 N–H and O–H groups in total. The molecule has 26 heavy (non-hydrogen) atoms. The maximum absolute atomic E-state index is 14.6. The zero-order valence-corrected chi connectivity index (χ0v) is 15.6. The number of rotatable bonds is 5. The first-order valence-electron chi connectivity index (χ1n) is 8.50. The van der Waals surface area contributed by atoms with E-state index in [9.17, 15) is 13.6 Å². The number of carboxylic acids is 1. The van der Waals surface area contributed by atoms with Gasteiger partial charge in [-0.2, -0.15) is 0 Å². The number of carboxylic acid groups (broad SMARTS) is 1. The van der Waals surface area contributed by atoms with Crippen molar-refractivity contribution in [3.05, 3.63) is 64.7 Å². The third kappa shape index (κ3) is 4.38. The van der Waals surface area contributed by atoms with Gasteiger partial charge in [-0.05, 0) is 74.1 Å². The van der Waals surface area contributed by atoms with Crippen molar-refractivity contribution in [3.63, 3.8) is 0 Å². The van der Waals surface area contributed by atoms with Crippen LogP contribution in [0.4, 0.5) is 8.78 Å². The molecule has 0 atom stereocenters. The number of aliphatic carboxylic acids is 1. The van der Waals surface area contributed by atoms with Crippen LogP contribution in [0, 0.1) is 17.6 Å². The molecule has 0 unspecified atom stereocenters. The summed E-state index contributed by atoms with van der Waals surface area (Å²) in [7, 11) is 0. The molecule has 1 aliphatic carbocycles. The van der Waals surface area contributed by atoms with Gasteiger partial charge < -0.3 is 5.11 Å². The van der Waals surface area contributed by atoms with Gasteiger partial charge in [-0.1, -0.05) is 11.6 Å². The van der Waals surface area contributed by atoms with Crippen molar-refractivity contribution in [1.29, 1.82) is 0 Å². The minimum atomic E-state index is -0.815. The van der Waals surface area contributed by atoms with E-state index in [2.05, 4.69) is 0 Å². The third-order valence-corrected chi connectivity index (χ3v) is 6.70. The van der Waals surface area contributed by atoms with Crippen LogP contribution in [0.3, 0.4) is 0 Å². The summed E-state index contributed by atoms with van der Waals surface area (Å²) in [5.41, 5.74) is 0.353. The predicted molar refractivity (Wildman–Crippen MR) is 99.6 cm³/mol. The summed E-state index contributed by atoms with van der Waals surface area (Å²) >= 11 is 7.45. The Morgan fingerprint density at radius 2 is 1.81 bits per heavy atom. The van der Waals surface area contributed by atoms with Gasteiger partial charge in [-0.25, -0.2) is 8.78 Å². The van der Waals surface area contributed by atoms with Crippen LogP contribution in [0.5, 0.6) is 0 Å². The Bertz CT molecular complexity index is 787. The van der Waals surface area contributed by atoms with E-state index in [-0.39, 0.29) is 12.3 Å². The topological polar surface area (TPSA) is 37.3 Å². The second-order valence-corrected chi connectivity index (χ2v) is 8.61. The van der Waals surface area contributed by atoms with Crippen LogP contribution in [0.25, 0.3) is 0 Å². The van der Waals surface area contributed by atoms with Crippen molar-refractivity contribution in [2.24, 2.45) is 5.92 Å². The molecule has 2 aromatic carbocycles. The van der Waals surface area contributed by atoms with E-state index in [0.29, 0.717) is 36.3 Å². The molecule has 3 rings (SSSR count). The molecule has 138 valence electrons. The van der Waals surface area contributed by atoms with E-state index in [1.165, 1.54) is 17.8 Å². The highest BCUT2D eigenvalue weighted by Crippen LogP contribution is 2.53. The first-order chi connectivity index (χ1) is 12.4. The molecule has 0 bridgehead atoms. The summed E-state index contributed by atoms with van der Waals surface area (Å²) in [6.45, 7) is 0. The molecule has 1 aliphatic rings. The van der Waals surface area contributed by atoms with Gasteiger partial charge >= 0.3 is 5.97 Å². The number of hydrogen-bond acceptors (Lipinski definition) is 2. The first kappa shape index (κ1) is 19.2. The molecule has 0 heterocycles. The van der Waals surface area contributed by atoms with Crippen LogP contribution in [0.15, 0.2) is 47.4 Å². The second-order valence-electron chi connectivity index (χ2n) is 6.72. The summed E-state index contributed by atoms with van der Waals surface area (Å²) in [4.78, 5) is 11.9. The molecule has 0 aliphatic heterocycles. The fraction of sp³-hybridized carbons (Fsp3) is 0.350. The van der Waals surface area contributed by atoms with E-state index >= 15 is 0 Å². The molecule has 0 aromatic heterocycles. The molecule has 0 amide bonds. The molecule has 2 aromatic rings. The van der Waals surface area contributed by atoms with Gasteiger partial charge in [-0.3, -0.25) is 4.79 Å². The molecule has 2 nitrogen and oxygen atoms in total. The van der Waals surface area contributed by atoms with Crippen LogP contribution < -0.4 is 0 Å². The van der Waals surface area contributed by atoms with E-state index in [4.69, 9.17) is 16.7 Å². The Balaban J connectivity index is 1.93. The van der Waals surface area contributed by atoms with Gasteiger partial charge in [0.15, 0.2) is 0 Å². The highest BCUT2D eigenvalue weighted by Gasteiger charge is 2.40. The average Bonchev–Trinajstić information content (AvgIpc) is 2.60. The lowest BCUT2D eigenvalue weighted by molar-refractivity contribution is -0.138. The highest BCUT2D eigenvalue weighted by atomic mass is 35.5. The van der Waals surface area contributed by atoms with E-state index in [1.54, 1.807) is 12.1 Å². The lowest BCUT2D eigenvalue weighted by atomic mass is 9.76. The lowest BCUT2D eigenvalue weighted by Gasteiger charge is -2.40. The van der Waals surface area contributed by atoms with Crippen molar-refractivity contribution in [2.45, 2.75) is 41.7 Å². The molecule has 1 saturated carbocycles. The Hall–Kier alpha value is -1.59. The Morgan fingerprint density at radius 1 is 1.15 bits per heavy atom. The maximum atomic E-state index is 14.6. The Kier molecular flexibility index (Phi) is 5.88. The molecule has 0 radical (unpaired) electrons. The molecule has 6 heteroatoms. The van der Waals surface area contributed by atoms with Crippen molar-refractivity contribution in [1.82, 2.24) is 0 Å². The van der Waals surface area contributed by atoms with Crippen molar-refractivity contribution in [2.75, 3.05) is 0 Å². The molecule has 0 spiro atoms. The zero-order chi connectivity index (χ0) is 18.7. The summed E-state index contributed by atoms with van der Waals surface area (Å²) < 4.78 is 27.8. The lowest BCUT2D eigenvalue weighted by Crippen LogP contribution is -2.30. The zero-order valence-electron chi connectivity index (χ0n) is 14.1. The van der Waals surface area contributed by atoms with E-state index in [0.717, 1.165) is 17.0 Å². The van der Waals surface area contributed by atoms with E-state index in [1.807, 2.05) is 12.1 Å². The number of thioether (sulfide) groups is 1. The van der Waals surface area contributed by atoms with Crippen molar-refractivity contribution >= 4 is 29.3 Å². The predicted octanol–water partition coefficient (Wildman–Crippen LogP) is 6.27. The first-order valence-corrected chi connectivity index (χ1v) is 9.69. The van der Waals surface area contributed by atoms with Crippen LogP contribution >= 0.6 is 23.4 Å². The summed E-state index contributed by atoms with van der Waals surface area (Å²) in [6, 6.07) is 10.8. The van der Waals surface area contributed by atoms with Gasteiger partial charge in [0.05, 0.1) is 0 Å². The minimum Gasteiger partial charge on any atom is -0.481 e. The van der Waals surface area contributed by atoms with Gasteiger partial charge in [0.1, 0.15) is 11.6 Å². The van der Waals surface area contributed by atoms with Gasteiger partial charge in [0.25, 0.3) is 0 Å². The fourth-order valence-corrected chi connectivity index (χ4v) is 5.15. The third-order valence-electron chi connectivity index (χ3n) is 4.92. The van der Waals surface area contributed by atoms with Crippen LogP contribution in [0.1, 0.15) is 37.7 Å². The number of halogens is 3. The maximum Gasteiger partial charge on any atom is 0.303 e. The summed E-state index contributed by atoms with van der Waals surface area (Å²) in [6.07, 6.45) is 2.65. The number of benzene rings is 2. The van der Waals surface area contributed by atoms with Gasteiger partial charge in [0.2, 0.25) is 0 Å². The Morgan fingerprint density at radius 3 is 2.42 bits per heavy atom. The highest BCUT2D eigenvalue weighted by molar-refractivity contribution is 8.00. The van der Waals surface area contributed by atoms with Crippen molar-refractivity contribution < 1.29 is 18.7 Å². The van der Waals surface area contributed by atoms with Crippen LogP contribution in [0.2, 0.25) is 5.02 Å². The van der Waals surface area contributed by atoms with Crippen molar-refractivity contribution in [3.8, 4) is 0 Å².